The molecule has 2 nitrogen and oxygen atoms in total. The quantitative estimate of drug-likeness (QED) is 0.828. The number of nitrogens with zero attached hydrogens (tertiary/aromatic N) is 1. The van der Waals surface area contributed by atoms with E-state index in [2.05, 4.69) is 4.98 Å². The van der Waals surface area contributed by atoms with Gasteiger partial charge in [0, 0.05) is 24.4 Å². The van der Waals surface area contributed by atoms with Crippen LogP contribution in [0, 0.1) is 6.10 Å². The highest BCUT2D eigenvalue weighted by atomic mass is 19.4. The SMILES string of the molecule is FC(F)(F)c1ccc([C]2OCCC2c2ccccn2)cc1. The molecule has 0 N–H and O–H groups in total. The van der Waals surface area contributed by atoms with E-state index in [1.54, 1.807) is 6.20 Å². The molecule has 0 amide bonds. The van der Waals surface area contributed by atoms with Crippen molar-refractivity contribution in [3.63, 3.8) is 0 Å². The Balaban J connectivity index is 1.86. The van der Waals surface area contributed by atoms with Crippen LogP contribution >= 0.6 is 0 Å². The molecule has 0 aliphatic carbocycles. The molecule has 1 aliphatic rings. The molecule has 109 valence electrons. The summed E-state index contributed by atoms with van der Waals surface area (Å²) in [6, 6.07) is 10.7. The van der Waals surface area contributed by atoms with Crippen LogP contribution in [-0.4, -0.2) is 11.6 Å². The topological polar surface area (TPSA) is 22.1 Å². The van der Waals surface area contributed by atoms with Crippen LogP contribution < -0.4 is 0 Å². The summed E-state index contributed by atoms with van der Waals surface area (Å²) < 4.78 is 43.4. The van der Waals surface area contributed by atoms with Gasteiger partial charge in [-0.2, -0.15) is 13.2 Å². The van der Waals surface area contributed by atoms with Crippen molar-refractivity contribution >= 4 is 0 Å². The third-order valence-corrected chi connectivity index (χ3v) is 3.52. The van der Waals surface area contributed by atoms with Gasteiger partial charge in [-0.3, -0.25) is 4.98 Å². The van der Waals surface area contributed by atoms with Gasteiger partial charge >= 0.3 is 6.18 Å². The van der Waals surface area contributed by atoms with E-state index >= 15 is 0 Å². The lowest BCUT2D eigenvalue weighted by atomic mass is 9.91. The summed E-state index contributed by atoms with van der Waals surface area (Å²) >= 11 is 0. The second kappa shape index (κ2) is 5.48. The van der Waals surface area contributed by atoms with Crippen LogP contribution in [0.1, 0.15) is 29.2 Å². The predicted molar refractivity (Wildman–Crippen MR) is 71.3 cm³/mol. The first-order chi connectivity index (χ1) is 10.1. The van der Waals surface area contributed by atoms with Gasteiger partial charge in [-0.05, 0) is 36.2 Å². The molecule has 1 radical (unpaired) electrons. The largest absolute Gasteiger partial charge is 0.416 e. The summed E-state index contributed by atoms with van der Waals surface area (Å²) in [6.45, 7) is 0.553. The van der Waals surface area contributed by atoms with E-state index in [9.17, 15) is 13.2 Å². The summed E-state index contributed by atoms with van der Waals surface area (Å²) in [7, 11) is 0. The number of aromatic nitrogens is 1. The first kappa shape index (κ1) is 14.1. The molecular formula is C16H13F3NO. The molecule has 3 rings (SSSR count). The molecule has 1 atom stereocenters. The maximum Gasteiger partial charge on any atom is 0.416 e. The Hall–Kier alpha value is -1.88. The molecule has 0 saturated carbocycles. The molecule has 1 aromatic heterocycles. The van der Waals surface area contributed by atoms with Crippen LogP contribution in [0.15, 0.2) is 48.7 Å². The maximum absolute atomic E-state index is 12.6. The number of halogens is 3. The van der Waals surface area contributed by atoms with Crippen molar-refractivity contribution in [2.24, 2.45) is 0 Å². The molecule has 1 fully saturated rings. The first-order valence-electron chi connectivity index (χ1n) is 6.64. The summed E-state index contributed by atoms with van der Waals surface area (Å²) in [5, 5.41) is 0. The highest BCUT2D eigenvalue weighted by Crippen LogP contribution is 2.40. The van der Waals surface area contributed by atoms with E-state index in [1.165, 1.54) is 12.1 Å². The smallest absolute Gasteiger partial charge is 0.366 e. The van der Waals surface area contributed by atoms with Crippen molar-refractivity contribution in [1.82, 2.24) is 4.98 Å². The third-order valence-electron chi connectivity index (χ3n) is 3.52. The van der Waals surface area contributed by atoms with Crippen LogP contribution in [-0.2, 0) is 10.9 Å². The average Bonchev–Trinajstić information content (AvgIpc) is 2.97. The van der Waals surface area contributed by atoms with E-state index in [1.807, 2.05) is 18.2 Å². The lowest BCUT2D eigenvalue weighted by molar-refractivity contribution is -0.137. The number of hydrogen-bond donors (Lipinski definition) is 0. The molecule has 0 spiro atoms. The number of alkyl halides is 3. The Morgan fingerprint density at radius 2 is 1.81 bits per heavy atom. The Labute approximate surface area is 120 Å². The zero-order valence-electron chi connectivity index (χ0n) is 11.1. The number of benzene rings is 1. The van der Waals surface area contributed by atoms with Crippen molar-refractivity contribution in [2.75, 3.05) is 6.61 Å². The van der Waals surface area contributed by atoms with E-state index in [4.69, 9.17) is 4.74 Å². The minimum atomic E-state index is -4.32. The van der Waals surface area contributed by atoms with Gasteiger partial charge in [0.1, 0.15) is 6.10 Å². The maximum atomic E-state index is 12.6. The average molecular weight is 292 g/mol. The molecule has 21 heavy (non-hydrogen) atoms. The second-order valence-corrected chi connectivity index (χ2v) is 4.88. The van der Waals surface area contributed by atoms with Gasteiger partial charge in [0.15, 0.2) is 0 Å². The fourth-order valence-corrected chi connectivity index (χ4v) is 2.49. The Bertz CT molecular complexity index is 595. The normalized spacial score (nSPS) is 19.9. The summed E-state index contributed by atoms with van der Waals surface area (Å²) in [6.07, 6.45) is -1.13. The fraction of sp³-hybridized carbons (Fsp3) is 0.250. The van der Waals surface area contributed by atoms with Gasteiger partial charge < -0.3 is 4.74 Å². The number of hydrogen-bond acceptors (Lipinski definition) is 2. The van der Waals surface area contributed by atoms with Gasteiger partial charge in [-0.1, -0.05) is 18.2 Å². The highest BCUT2D eigenvalue weighted by molar-refractivity contribution is 5.37. The highest BCUT2D eigenvalue weighted by Gasteiger charge is 2.34. The van der Waals surface area contributed by atoms with Gasteiger partial charge in [0.2, 0.25) is 0 Å². The fourth-order valence-electron chi connectivity index (χ4n) is 2.49. The monoisotopic (exact) mass is 292 g/mol. The summed E-state index contributed by atoms with van der Waals surface area (Å²) in [5.41, 5.74) is 0.903. The van der Waals surface area contributed by atoms with E-state index < -0.39 is 11.7 Å². The lowest BCUT2D eigenvalue weighted by Crippen LogP contribution is -2.10. The number of rotatable bonds is 2. The predicted octanol–water partition coefficient (Wildman–Crippen LogP) is 4.18. The molecule has 1 unspecified atom stereocenters. The van der Waals surface area contributed by atoms with Crippen molar-refractivity contribution in [3.8, 4) is 0 Å². The molecule has 1 saturated heterocycles. The van der Waals surface area contributed by atoms with Crippen molar-refractivity contribution in [1.29, 1.82) is 0 Å². The molecule has 0 bridgehead atoms. The van der Waals surface area contributed by atoms with Crippen LogP contribution in [0.25, 0.3) is 0 Å². The van der Waals surface area contributed by atoms with Gasteiger partial charge in [0.25, 0.3) is 0 Å². The molecular weight excluding hydrogens is 279 g/mol. The van der Waals surface area contributed by atoms with E-state index in [0.29, 0.717) is 18.3 Å². The standard InChI is InChI=1S/C16H13F3NO/c17-16(18,19)12-6-4-11(5-7-12)15-13(8-10-21-15)14-3-1-2-9-20-14/h1-7,9,13H,8,10H2. The molecule has 2 heterocycles. The summed E-state index contributed by atoms with van der Waals surface area (Å²) in [5.74, 6) is 0.00272. The lowest BCUT2D eigenvalue weighted by Gasteiger charge is -2.17. The van der Waals surface area contributed by atoms with Crippen LogP contribution in [0.2, 0.25) is 0 Å². The number of pyridine rings is 1. The Morgan fingerprint density at radius 1 is 1.05 bits per heavy atom. The van der Waals surface area contributed by atoms with E-state index in [-0.39, 0.29) is 5.92 Å². The molecule has 5 heteroatoms. The molecule has 1 aliphatic heterocycles. The van der Waals surface area contributed by atoms with Crippen LogP contribution in [0.3, 0.4) is 0 Å². The zero-order valence-corrected chi connectivity index (χ0v) is 11.1. The molecule has 1 aromatic carbocycles. The van der Waals surface area contributed by atoms with Gasteiger partial charge in [-0.15, -0.1) is 0 Å². The minimum absolute atomic E-state index is 0.00272. The van der Waals surface area contributed by atoms with Crippen LogP contribution in [0.4, 0.5) is 13.2 Å². The van der Waals surface area contributed by atoms with E-state index in [0.717, 1.165) is 24.2 Å². The minimum Gasteiger partial charge on any atom is -0.366 e. The van der Waals surface area contributed by atoms with Crippen LogP contribution in [0.5, 0.6) is 0 Å². The van der Waals surface area contributed by atoms with Crippen molar-refractivity contribution < 1.29 is 17.9 Å². The summed E-state index contributed by atoms with van der Waals surface area (Å²) in [4.78, 5) is 4.31. The first-order valence-corrected chi connectivity index (χ1v) is 6.64. The Kier molecular flexibility index (Phi) is 3.68. The van der Waals surface area contributed by atoms with Crippen molar-refractivity contribution in [3.05, 3.63) is 71.6 Å². The van der Waals surface area contributed by atoms with Gasteiger partial charge in [-0.25, -0.2) is 0 Å². The Morgan fingerprint density at radius 3 is 2.43 bits per heavy atom. The second-order valence-electron chi connectivity index (χ2n) is 4.88. The number of ether oxygens (including phenoxy) is 1. The third kappa shape index (κ3) is 2.93. The zero-order chi connectivity index (χ0) is 14.9. The van der Waals surface area contributed by atoms with Crippen molar-refractivity contribution in [2.45, 2.75) is 18.5 Å². The molecule has 2 aromatic rings. The van der Waals surface area contributed by atoms with Gasteiger partial charge in [0.05, 0.1) is 5.56 Å².